The number of alkyl halides is 3. The van der Waals surface area contributed by atoms with Gasteiger partial charge < -0.3 is 9.64 Å². The minimum atomic E-state index is -4.49. The number of hydrogen-bond acceptors (Lipinski definition) is 3. The van der Waals surface area contributed by atoms with Crippen molar-refractivity contribution in [2.45, 2.75) is 13.1 Å². The molecule has 0 N–H and O–H groups in total. The maximum Gasteiger partial charge on any atom is 0.418 e. The van der Waals surface area contributed by atoms with Gasteiger partial charge in [0, 0.05) is 31.5 Å². The molecule has 0 aromatic heterocycles. The third-order valence-corrected chi connectivity index (χ3v) is 2.65. The van der Waals surface area contributed by atoms with Gasteiger partial charge in [-0.05, 0) is 25.1 Å². The number of nitrogens with zero attached hydrogens (tertiary/aromatic N) is 1. The fourth-order valence-electron chi connectivity index (χ4n) is 1.65. The van der Waals surface area contributed by atoms with E-state index in [0.717, 1.165) is 6.07 Å². The standard InChI is InChI=1S/C13H16F3NO2/c1-3-19-7-6-17(2)12-5-4-10(9-18)8-11(12)13(14,15)16/h4-5,8-9H,3,6-7H2,1-2H3. The Kier molecular flexibility index (Phi) is 5.35. The number of carbonyl (C=O) groups is 1. The summed E-state index contributed by atoms with van der Waals surface area (Å²) in [6.07, 6.45) is -4.09. The summed E-state index contributed by atoms with van der Waals surface area (Å²) >= 11 is 0. The molecule has 0 aliphatic heterocycles. The highest BCUT2D eigenvalue weighted by molar-refractivity contribution is 5.77. The highest BCUT2D eigenvalue weighted by Crippen LogP contribution is 2.36. The zero-order valence-electron chi connectivity index (χ0n) is 10.8. The first-order valence-corrected chi connectivity index (χ1v) is 5.85. The van der Waals surface area contributed by atoms with Gasteiger partial charge in [0.1, 0.15) is 6.29 Å². The molecule has 1 rings (SSSR count). The van der Waals surface area contributed by atoms with Crippen molar-refractivity contribution in [2.75, 3.05) is 31.7 Å². The molecule has 0 unspecified atom stereocenters. The Hall–Kier alpha value is -1.56. The van der Waals surface area contributed by atoms with E-state index in [1.165, 1.54) is 17.0 Å². The molecular weight excluding hydrogens is 259 g/mol. The molecule has 0 aliphatic rings. The summed E-state index contributed by atoms with van der Waals surface area (Å²) in [4.78, 5) is 12.0. The van der Waals surface area contributed by atoms with Crippen LogP contribution in [0.2, 0.25) is 0 Å². The minimum absolute atomic E-state index is 0.00860. The van der Waals surface area contributed by atoms with Crippen LogP contribution >= 0.6 is 0 Å². The Labute approximate surface area is 110 Å². The average molecular weight is 275 g/mol. The van der Waals surface area contributed by atoms with E-state index in [1.54, 1.807) is 7.05 Å². The third-order valence-electron chi connectivity index (χ3n) is 2.65. The van der Waals surface area contributed by atoms with Gasteiger partial charge in [0.15, 0.2) is 0 Å². The number of hydrogen-bond donors (Lipinski definition) is 0. The molecule has 0 aliphatic carbocycles. The van der Waals surface area contributed by atoms with E-state index < -0.39 is 11.7 Å². The number of likely N-dealkylation sites (N-methyl/N-ethyl adjacent to an activating group) is 1. The number of rotatable bonds is 6. The van der Waals surface area contributed by atoms with Crippen molar-refractivity contribution < 1.29 is 22.7 Å². The van der Waals surface area contributed by atoms with E-state index in [9.17, 15) is 18.0 Å². The van der Waals surface area contributed by atoms with Crippen LogP contribution in [0.4, 0.5) is 18.9 Å². The second-order valence-corrected chi connectivity index (χ2v) is 4.01. The van der Waals surface area contributed by atoms with Crippen LogP contribution in [0.25, 0.3) is 0 Å². The lowest BCUT2D eigenvalue weighted by molar-refractivity contribution is -0.137. The summed E-state index contributed by atoms with van der Waals surface area (Å²) in [6.45, 7) is 3.03. The van der Waals surface area contributed by atoms with Crippen molar-refractivity contribution in [3.05, 3.63) is 29.3 Å². The molecule has 0 fully saturated rings. The molecule has 106 valence electrons. The fourth-order valence-corrected chi connectivity index (χ4v) is 1.65. The topological polar surface area (TPSA) is 29.5 Å². The zero-order valence-corrected chi connectivity index (χ0v) is 10.8. The Morgan fingerprint density at radius 1 is 1.37 bits per heavy atom. The van der Waals surface area contributed by atoms with Crippen molar-refractivity contribution in [2.24, 2.45) is 0 Å². The van der Waals surface area contributed by atoms with Crippen LogP contribution in [0.1, 0.15) is 22.8 Å². The molecule has 0 radical (unpaired) electrons. The van der Waals surface area contributed by atoms with Gasteiger partial charge in [-0.1, -0.05) is 0 Å². The molecule has 6 heteroatoms. The number of ether oxygens (including phenoxy) is 1. The SMILES string of the molecule is CCOCCN(C)c1ccc(C=O)cc1C(F)(F)F. The van der Waals surface area contributed by atoms with Crippen molar-refractivity contribution in [1.82, 2.24) is 0 Å². The quantitative estimate of drug-likeness (QED) is 0.590. The highest BCUT2D eigenvalue weighted by Gasteiger charge is 2.34. The average Bonchev–Trinajstić information content (AvgIpc) is 2.37. The third kappa shape index (κ3) is 4.24. The maximum absolute atomic E-state index is 12.9. The lowest BCUT2D eigenvalue weighted by Crippen LogP contribution is -2.25. The summed E-state index contributed by atoms with van der Waals surface area (Å²) < 4.78 is 43.9. The predicted molar refractivity (Wildman–Crippen MR) is 66.6 cm³/mol. The molecule has 0 spiro atoms. The van der Waals surface area contributed by atoms with Crippen molar-refractivity contribution in [3.63, 3.8) is 0 Å². The van der Waals surface area contributed by atoms with E-state index in [-0.39, 0.29) is 11.3 Å². The molecule has 0 saturated carbocycles. The van der Waals surface area contributed by atoms with Crippen LogP contribution < -0.4 is 4.90 Å². The Morgan fingerprint density at radius 3 is 2.58 bits per heavy atom. The van der Waals surface area contributed by atoms with Crippen LogP contribution in [0.15, 0.2) is 18.2 Å². The van der Waals surface area contributed by atoms with Crippen LogP contribution in [-0.2, 0) is 10.9 Å². The summed E-state index contributed by atoms with van der Waals surface area (Å²) in [6, 6.07) is 3.53. The van der Waals surface area contributed by atoms with Gasteiger partial charge in [-0.25, -0.2) is 0 Å². The van der Waals surface area contributed by atoms with Gasteiger partial charge in [-0.3, -0.25) is 4.79 Å². The van der Waals surface area contributed by atoms with Crippen LogP contribution in [-0.4, -0.2) is 33.1 Å². The molecule has 3 nitrogen and oxygen atoms in total. The fraction of sp³-hybridized carbons (Fsp3) is 0.462. The first-order valence-electron chi connectivity index (χ1n) is 5.85. The molecule has 0 bridgehead atoms. The van der Waals surface area contributed by atoms with Crippen molar-refractivity contribution in [1.29, 1.82) is 0 Å². The van der Waals surface area contributed by atoms with E-state index in [0.29, 0.717) is 26.0 Å². The number of aldehydes is 1. The van der Waals surface area contributed by atoms with Crippen LogP contribution in [0.3, 0.4) is 0 Å². The van der Waals surface area contributed by atoms with E-state index >= 15 is 0 Å². The molecule has 0 heterocycles. The number of carbonyl (C=O) groups excluding carboxylic acids is 1. The van der Waals surface area contributed by atoms with Gasteiger partial charge in [-0.2, -0.15) is 13.2 Å². The first kappa shape index (κ1) is 15.5. The van der Waals surface area contributed by atoms with Gasteiger partial charge in [-0.15, -0.1) is 0 Å². The van der Waals surface area contributed by atoms with E-state index in [2.05, 4.69) is 0 Å². The van der Waals surface area contributed by atoms with Gasteiger partial charge in [0.25, 0.3) is 0 Å². The van der Waals surface area contributed by atoms with E-state index in [4.69, 9.17) is 4.74 Å². The second-order valence-electron chi connectivity index (χ2n) is 4.01. The van der Waals surface area contributed by atoms with Gasteiger partial charge in [0.05, 0.1) is 12.2 Å². The Balaban J connectivity index is 3.02. The summed E-state index contributed by atoms with van der Waals surface area (Å²) in [5, 5.41) is 0. The predicted octanol–water partition coefficient (Wildman–Crippen LogP) is 2.99. The number of benzene rings is 1. The molecule has 1 aromatic carbocycles. The Morgan fingerprint density at radius 2 is 2.05 bits per heavy atom. The van der Waals surface area contributed by atoms with Crippen molar-refractivity contribution in [3.8, 4) is 0 Å². The first-order chi connectivity index (χ1) is 8.90. The largest absolute Gasteiger partial charge is 0.418 e. The molecule has 0 amide bonds. The van der Waals surface area contributed by atoms with Crippen LogP contribution in [0, 0.1) is 0 Å². The zero-order chi connectivity index (χ0) is 14.5. The van der Waals surface area contributed by atoms with Crippen LogP contribution in [0.5, 0.6) is 0 Å². The monoisotopic (exact) mass is 275 g/mol. The molecule has 0 atom stereocenters. The molecular formula is C13H16F3NO2. The second kappa shape index (κ2) is 6.56. The van der Waals surface area contributed by atoms with Gasteiger partial charge >= 0.3 is 6.18 Å². The number of halogens is 3. The normalized spacial score (nSPS) is 11.4. The lowest BCUT2D eigenvalue weighted by atomic mass is 10.1. The van der Waals surface area contributed by atoms with Gasteiger partial charge in [0.2, 0.25) is 0 Å². The summed E-state index contributed by atoms with van der Waals surface area (Å²) in [5.74, 6) is 0. The summed E-state index contributed by atoms with van der Waals surface area (Å²) in [7, 11) is 1.56. The van der Waals surface area contributed by atoms with Crippen molar-refractivity contribution >= 4 is 12.0 Å². The van der Waals surface area contributed by atoms with E-state index in [1.807, 2.05) is 6.92 Å². The number of anilines is 1. The maximum atomic E-state index is 12.9. The molecule has 1 aromatic rings. The smallest absolute Gasteiger partial charge is 0.380 e. The highest BCUT2D eigenvalue weighted by atomic mass is 19.4. The minimum Gasteiger partial charge on any atom is -0.380 e. The Bertz CT molecular complexity index is 432. The lowest BCUT2D eigenvalue weighted by Gasteiger charge is -2.23. The molecule has 19 heavy (non-hydrogen) atoms. The molecule has 0 saturated heterocycles. The summed E-state index contributed by atoms with van der Waals surface area (Å²) in [5.41, 5.74) is -0.761.